The Labute approximate surface area is 73.5 Å². The molecule has 1 rings (SSSR count). The lowest BCUT2D eigenvalue weighted by atomic mass is 10.3. The lowest BCUT2D eigenvalue weighted by Crippen LogP contribution is -1.92. The number of hydrogen-bond acceptors (Lipinski definition) is 2. The van der Waals surface area contributed by atoms with Crippen molar-refractivity contribution in [2.24, 2.45) is 0 Å². The molecule has 1 radical (unpaired) electrons. The van der Waals surface area contributed by atoms with Crippen LogP contribution in [-0.2, 0) is 0 Å². The highest BCUT2D eigenvalue weighted by Crippen LogP contribution is 2.24. The molecule has 3 heteroatoms. The molecule has 0 spiro atoms. The smallest absolute Gasteiger partial charge is 0.142 e. The molecule has 0 bridgehead atoms. The molecular weight excluding hydrogens is 241 g/mol. The van der Waals surface area contributed by atoms with E-state index in [1.165, 1.54) is 0 Å². The van der Waals surface area contributed by atoms with E-state index < -0.39 is 0 Å². The van der Waals surface area contributed by atoms with Crippen molar-refractivity contribution in [2.45, 2.75) is 0 Å². The molecule has 1 aromatic rings. The predicted octanol–water partition coefficient (Wildman–Crippen LogP) is 1.68. The number of benzene rings is 1. The summed E-state index contributed by atoms with van der Waals surface area (Å²) in [5.41, 5.74) is 6.32. The number of ether oxygens (including phenoxy) is 1. The molecule has 0 aliphatic carbocycles. The van der Waals surface area contributed by atoms with Crippen molar-refractivity contribution in [3.8, 4) is 5.75 Å². The number of anilines is 1. The highest BCUT2D eigenvalue weighted by molar-refractivity contribution is 14.1. The minimum Gasteiger partial charge on any atom is -0.495 e. The summed E-state index contributed by atoms with van der Waals surface area (Å²) in [6, 6.07) is 6.46. The molecule has 0 aliphatic rings. The first-order chi connectivity index (χ1) is 4.75. The Kier molecular flexibility index (Phi) is 2.37. The number of halogens is 1. The fraction of sp³-hybridized carbons (Fsp3) is 0.143. The van der Waals surface area contributed by atoms with Gasteiger partial charge in [-0.15, -0.1) is 0 Å². The topological polar surface area (TPSA) is 35.2 Å². The third kappa shape index (κ3) is 1.34. The average Bonchev–Trinajstić information content (AvgIpc) is 1.95. The highest BCUT2D eigenvalue weighted by Gasteiger charge is 2.00. The minimum absolute atomic E-state index is 0.709. The van der Waals surface area contributed by atoms with Crippen molar-refractivity contribution >= 4 is 28.3 Å². The van der Waals surface area contributed by atoms with Crippen LogP contribution in [0.1, 0.15) is 0 Å². The van der Waals surface area contributed by atoms with Crippen LogP contribution in [0.3, 0.4) is 0 Å². The molecule has 2 N–H and O–H groups in total. The maximum atomic E-state index is 5.59. The molecule has 10 heavy (non-hydrogen) atoms. The molecule has 0 aromatic heterocycles. The minimum atomic E-state index is 0.709. The predicted molar refractivity (Wildman–Crippen MR) is 49.0 cm³/mol. The van der Waals surface area contributed by atoms with Gasteiger partial charge in [0.1, 0.15) is 5.75 Å². The number of rotatable bonds is 1. The summed E-state index contributed by atoms with van der Waals surface area (Å²) in [5, 5.41) is 0. The van der Waals surface area contributed by atoms with Gasteiger partial charge in [-0.1, -0.05) is 0 Å². The Morgan fingerprint density at radius 3 is 2.90 bits per heavy atom. The van der Waals surface area contributed by atoms with E-state index in [2.05, 4.69) is 28.7 Å². The monoisotopic (exact) mass is 248 g/mol. The van der Waals surface area contributed by atoms with E-state index >= 15 is 0 Å². The van der Waals surface area contributed by atoms with Crippen LogP contribution in [0.2, 0.25) is 0 Å². The fourth-order valence-electron chi connectivity index (χ4n) is 0.623. The van der Waals surface area contributed by atoms with Gasteiger partial charge < -0.3 is 10.5 Å². The Morgan fingerprint density at radius 1 is 1.70 bits per heavy atom. The first-order valence-corrected chi connectivity index (χ1v) is 3.83. The quantitative estimate of drug-likeness (QED) is 0.606. The third-order valence-electron chi connectivity index (χ3n) is 1.13. The Hall–Kier alpha value is -0.450. The molecule has 2 nitrogen and oxygen atoms in total. The van der Waals surface area contributed by atoms with Crippen LogP contribution in [0.4, 0.5) is 5.69 Å². The summed E-state index contributed by atoms with van der Waals surface area (Å²) in [4.78, 5) is 0. The largest absolute Gasteiger partial charge is 0.495 e. The molecule has 1 aromatic carbocycles. The van der Waals surface area contributed by atoms with Crippen molar-refractivity contribution in [2.75, 3.05) is 12.8 Å². The second-order valence-electron chi connectivity index (χ2n) is 1.78. The van der Waals surface area contributed by atoms with Crippen molar-refractivity contribution in [1.82, 2.24) is 0 Å². The van der Waals surface area contributed by atoms with Crippen LogP contribution in [0.25, 0.3) is 0 Å². The molecule has 0 saturated carbocycles. The molecule has 0 atom stereocenters. The van der Waals surface area contributed by atoms with Gasteiger partial charge in [0.05, 0.1) is 10.7 Å². The van der Waals surface area contributed by atoms with Crippen LogP contribution in [0.15, 0.2) is 12.1 Å². The number of nitrogens with two attached hydrogens (primary N) is 1. The van der Waals surface area contributed by atoms with E-state index in [0.29, 0.717) is 5.75 Å². The summed E-state index contributed by atoms with van der Waals surface area (Å²) >= 11 is 2.12. The van der Waals surface area contributed by atoms with E-state index in [9.17, 15) is 0 Å². The van der Waals surface area contributed by atoms with Crippen LogP contribution in [0, 0.1) is 9.64 Å². The van der Waals surface area contributed by atoms with Crippen molar-refractivity contribution < 1.29 is 4.74 Å². The maximum absolute atomic E-state index is 5.59. The summed E-state index contributed by atoms with van der Waals surface area (Å²) < 4.78 is 5.90. The number of hydrogen-bond donors (Lipinski definition) is 1. The lowest BCUT2D eigenvalue weighted by Gasteiger charge is -2.02. The van der Waals surface area contributed by atoms with Crippen LogP contribution >= 0.6 is 22.6 Å². The van der Waals surface area contributed by atoms with E-state index in [-0.39, 0.29) is 0 Å². The van der Waals surface area contributed by atoms with E-state index in [1.54, 1.807) is 19.2 Å². The standard InChI is InChI=1S/C7H7INO/c1-10-6-4-2-3-5(9)7(6)8/h2-3H,9H2,1H3. The fourth-order valence-corrected chi connectivity index (χ4v) is 1.18. The van der Waals surface area contributed by atoms with Gasteiger partial charge in [0.25, 0.3) is 0 Å². The van der Waals surface area contributed by atoms with Gasteiger partial charge in [-0.3, -0.25) is 0 Å². The van der Waals surface area contributed by atoms with Crippen molar-refractivity contribution in [3.05, 3.63) is 21.8 Å². The van der Waals surface area contributed by atoms with Gasteiger partial charge in [0.2, 0.25) is 0 Å². The van der Waals surface area contributed by atoms with Gasteiger partial charge >= 0.3 is 0 Å². The Morgan fingerprint density at radius 2 is 2.40 bits per heavy atom. The molecule has 0 saturated heterocycles. The van der Waals surface area contributed by atoms with Gasteiger partial charge in [0.15, 0.2) is 0 Å². The summed E-state index contributed by atoms with van der Waals surface area (Å²) in [7, 11) is 1.60. The molecule has 0 amide bonds. The summed E-state index contributed by atoms with van der Waals surface area (Å²) in [5.74, 6) is 0.709. The van der Waals surface area contributed by atoms with Gasteiger partial charge in [-0.2, -0.15) is 0 Å². The first kappa shape index (κ1) is 7.65. The molecule has 53 valence electrons. The molecule has 0 heterocycles. The number of methoxy groups -OCH3 is 1. The lowest BCUT2D eigenvalue weighted by molar-refractivity contribution is 0.411. The normalized spacial score (nSPS) is 9.40. The van der Waals surface area contributed by atoms with E-state index in [0.717, 1.165) is 9.26 Å². The Bertz CT molecular complexity index is 237. The van der Waals surface area contributed by atoms with Crippen LogP contribution in [-0.4, -0.2) is 7.11 Å². The zero-order valence-electron chi connectivity index (χ0n) is 5.52. The van der Waals surface area contributed by atoms with Gasteiger partial charge in [-0.25, -0.2) is 0 Å². The van der Waals surface area contributed by atoms with Crippen molar-refractivity contribution in [3.63, 3.8) is 0 Å². The number of nitrogen functional groups attached to an aromatic ring is 1. The zero-order chi connectivity index (χ0) is 7.56. The summed E-state index contributed by atoms with van der Waals surface area (Å²) in [6.07, 6.45) is 0. The van der Waals surface area contributed by atoms with Gasteiger partial charge in [-0.05, 0) is 34.7 Å². The van der Waals surface area contributed by atoms with Crippen LogP contribution in [0.5, 0.6) is 5.75 Å². The van der Waals surface area contributed by atoms with Crippen LogP contribution < -0.4 is 10.5 Å². The van der Waals surface area contributed by atoms with E-state index in [1.807, 2.05) is 0 Å². The van der Waals surface area contributed by atoms with E-state index in [4.69, 9.17) is 10.5 Å². The Balaban J connectivity index is 3.14. The van der Waals surface area contributed by atoms with Crippen molar-refractivity contribution in [1.29, 1.82) is 0 Å². The highest BCUT2D eigenvalue weighted by atomic mass is 127. The maximum Gasteiger partial charge on any atom is 0.142 e. The third-order valence-corrected chi connectivity index (χ3v) is 2.25. The molecule has 0 aliphatic heterocycles. The first-order valence-electron chi connectivity index (χ1n) is 2.75. The molecular formula is C7H7INO. The SMILES string of the molecule is COc1[c]ccc(N)c1I. The summed E-state index contributed by atoms with van der Waals surface area (Å²) in [6.45, 7) is 0. The molecule has 0 fully saturated rings. The zero-order valence-corrected chi connectivity index (χ0v) is 7.68. The molecule has 0 unspecified atom stereocenters. The second kappa shape index (κ2) is 3.09. The second-order valence-corrected chi connectivity index (χ2v) is 2.86. The van der Waals surface area contributed by atoms with Gasteiger partial charge in [0, 0.05) is 11.8 Å². The average molecular weight is 248 g/mol.